The van der Waals surface area contributed by atoms with Gasteiger partial charge < -0.3 is 10.7 Å². The van der Waals surface area contributed by atoms with Gasteiger partial charge in [0.1, 0.15) is 4.64 Å². The molecule has 0 atom stereocenters. The molecular formula is C6H9N3S. The zero-order valence-electron chi connectivity index (χ0n) is 5.93. The molecule has 0 radical (unpaired) electrons. The van der Waals surface area contributed by atoms with Gasteiger partial charge in [0.25, 0.3) is 0 Å². The van der Waals surface area contributed by atoms with Crippen LogP contribution in [0.15, 0.2) is 0 Å². The SMILES string of the molecule is Cc1nc(N)[nH]c(=S)c1C. The predicted octanol–water partition coefficient (Wildman–Crippen LogP) is 1.34. The standard InChI is InChI=1S/C6H9N3S/c1-3-4(2)8-6(7)9-5(3)10/h1-2H3,(H3,7,8,9,10). The second kappa shape index (κ2) is 2.38. The number of aromatic amines is 1. The molecule has 0 aromatic carbocycles. The fourth-order valence-electron chi connectivity index (χ4n) is 0.667. The summed E-state index contributed by atoms with van der Waals surface area (Å²) in [5, 5.41) is 0. The lowest BCUT2D eigenvalue weighted by Gasteiger charge is -1.99. The monoisotopic (exact) mass is 155 g/mol. The molecule has 0 aliphatic heterocycles. The number of hydrogen-bond donors (Lipinski definition) is 2. The van der Waals surface area contributed by atoms with Crippen LogP contribution in [0.25, 0.3) is 0 Å². The van der Waals surface area contributed by atoms with E-state index >= 15 is 0 Å². The van der Waals surface area contributed by atoms with Crippen molar-refractivity contribution in [2.75, 3.05) is 5.73 Å². The van der Waals surface area contributed by atoms with Gasteiger partial charge in [0, 0.05) is 11.3 Å². The molecule has 0 spiro atoms. The highest BCUT2D eigenvalue weighted by Gasteiger charge is 1.95. The average molecular weight is 155 g/mol. The number of anilines is 1. The van der Waals surface area contributed by atoms with Crippen LogP contribution in [0.4, 0.5) is 5.95 Å². The van der Waals surface area contributed by atoms with Crippen LogP contribution in [0.5, 0.6) is 0 Å². The predicted molar refractivity (Wildman–Crippen MR) is 43.3 cm³/mol. The van der Waals surface area contributed by atoms with Gasteiger partial charge in [0.15, 0.2) is 5.95 Å². The number of hydrogen-bond acceptors (Lipinski definition) is 3. The van der Waals surface area contributed by atoms with E-state index < -0.39 is 0 Å². The topological polar surface area (TPSA) is 54.7 Å². The van der Waals surface area contributed by atoms with Gasteiger partial charge in [-0.15, -0.1) is 0 Å². The summed E-state index contributed by atoms with van der Waals surface area (Å²) in [6.45, 7) is 3.80. The lowest BCUT2D eigenvalue weighted by molar-refractivity contribution is 1.06. The molecule has 0 saturated heterocycles. The Kier molecular flexibility index (Phi) is 1.72. The van der Waals surface area contributed by atoms with Gasteiger partial charge in [0.05, 0.1) is 0 Å². The summed E-state index contributed by atoms with van der Waals surface area (Å²) in [5.74, 6) is 0.383. The molecule has 1 aromatic heterocycles. The Morgan fingerprint density at radius 3 is 2.60 bits per heavy atom. The molecule has 0 amide bonds. The van der Waals surface area contributed by atoms with Crippen LogP contribution in [-0.2, 0) is 0 Å². The molecule has 1 heterocycles. The molecule has 3 N–H and O–H groups in total. The van der Waals surface area contributed by atoms with Crippen molar-refractivity contribution in [3.8, 4) is 0 Å². The van der Waals surface area contributed by atoms with E-state index in [-0.39, 0.29) is 0 Å². The second-order valence-corrected chi connectivity index (χ2v) is 2.57. The summed E-state index contributed by atoms with van der Waals surface area (Å²) in [7, 11) is 0. The minimum Gasteiger partial charge on any atom is -0.369 e. The average Bonchev–Trinajstić information content (AvgIpc) is 1.82. The number of rotatable bonds is 0. The van der Waals surface area contributed by atoms with Crippen LogP contribution in [0.3, 0.4) is 0 Å². The molecule has 10 heavy (non-hydrogen) atoms. The molecule has 0 bridgehead atoms. The molecular weight excluding hydrogens is 146 g/mol. The number of nitrogens with two attached hydrogens (primary N) is 1. The normalized spacial score (nSPS) is 9.80. The molecule has 3 nitrogen and oxygen atoms in total. The van der Waals surface area contributed by atoms with Crippen molar-refractivity contribution in [3.05, 3.63) is 15.9 Å². The number of H-pyrrole nitrogens is 1. The van der Waals surface area contributed by atoms with E-state index in [0.717, 1.165) is 11.3 Å². The Hall–Kier alpha value is -0.900. The zero-order chi connectivity index (χ0) is 7.72. The third-order valence-corrected chi connectivity index (χ3v) is 1.82. The van der Waals surface area contributed by atoms with Crippen LogP contribution in [0.1, 0.15) is 11.3 Å². The van der Waals surface area contributed by atoms with E-state index in [1.807, 2.05) is 13.8 Å². The highest BCUT2D eigenvalue weighted by molar-refractivity contribution is 7.71. The van der Waals surface area contributed by atoms with E-state index in [4.69, 9.17) is 18.0 Å². The first-order valence-electron chi connectivity index (χ1n) is 2.94. The van der Waals surface area contributed by atoms with Crippen molar-refractivity contribution in [2.45, 2.75) is 13.8 Å². The van der Waals surface area contributed by atoms with Crippen LogP contribution in [0.2, 0.25) is 0 Å². The summed E-state index contributed by atoms with van der Waals surface area (Å²) in [6.07, 6.45) is 0. The summed E-state index contributed by atoms with van der Waals surface area (Å²) < 4.78 is 0.671. The highest BCUT2D eigenvalue weighted by atomic mass is 32.1. The van der Waals surface area contributed by atoms with Gasteiger partial charge in [-0.1, -0.05) is 12.2 Å². The first-order chi connectivity index (χ1) is 4.61. The van der Waals surface area contributed by atoms with Crippen LogP contribution in [-0.4, -0.2) is 9.97 Å². The Morgan fingerprint density at radius 1 is 1.50 bits per heavy atom. The van der Waals surface area contributed by atoms with E-state index in [1.165, 1.54) is 0 Å². The van der Waals surface area contributed by atoms with E-state index in [9.17, 15) is 0 Å². The third-order valence-electron chi connectivity index (χ3n) is 1.41. The largest absolute Gasteiger partial charge is 0.369 e. The van der Waals surface area contributed by atoms with E-state index in [0.29, 0.717) is 10.6 Å². The van der Waals surface area contributed by atoms with Crippen molar-refractivity contribution < 1.29 is 0 Å². The first-order valence-corrected chi connectivity index (χ1v) is 3.35. The second-order valence-electron chi connectivity index (χ2n) is 2.16. The molecule has 0 aliphatic carbocycles. The maximum atomic E-state index is 5.40. The van der Waals surface area contributed by atoms with Crippen LogP contribution in [0, 0.1) is 18.5 Å². The molecule has 0 unspecified atom stereocenters. The van der Waals surface area contributed by atoms with E-state index in [2.05, 4.69) is 9.97 Å². The van der Waals surface area contributed by atoms with Gasteiger partial charge in [-0.05, 0) is 13.8 Å². The fraction of sp³-hybridized carbons (Fsp3) is 0.333. The van der Waals surface area contributed by atoms with Crippen molar-refractivity contribution in [3.63, 3.8) is 0 Å². The Labute approximate surface area is 64.3 Å². The molecule has 54 valence electrons. The van der Waals surface area contributed by atoms with Gasteiger partial charge >= 0.3 is 0 Å². The Morgan fingerprint density at radius 2 is 2.10 bits per heavy atom. The molecule has 0 fully saturated rings. The summed E-state index contributed by atoms with van der Waals surface area (Å²) >= 11 is 4.95. The van der Waals surface area contributed by atoms with Crippen molar-refractivity contribution in [1.29, 1.82) is 0 Å². The molecule has 1 rings (SSSR count). The van der Waals surface area contributed by atoms with Crippen LogP contribution < -0.4 is 5.73 Å². The lowest BCUT2D eigenvalue weighted by Crippen LogP contribution is -1.98. The molecule has 1 aromatic rings. The lowest BCUT2D eigenvalue weighted by atomic mass is 10.3. The molecule has 0 aliphatic rings. The summed E-state index contributed by atoms with van der Waals surface area (Å²) in [5.41, 5.74) is 7.28. The maximum absolute atomic E-state index is 5.40. The highest BCUT2D eigenvalue weighted by Crippen LogP contribution is 2.04. The summed E-state index contributed by atoms with van der Waals surface area (Å²) in [6, 6.07) is 0. The fourth-order valence-corrected chi connectivity index (χ4v) is 0.919. The van der Waals surface area contributed by atoms with Gasteiger partial charge in [-0.3, -0.25) is 0 Å². The number of nitrogens with one attached hydrogen (secondary N) is 1. The van der Waals surface area contributed by atoms with Crippen LogP contribution >= 0.6 is 12.2 Å². The first kappa shape index (κ1) is 7.21. The third kappa shape index (κ3) is 1.16. The van der Waals surface area contributed by atoms with E-state index in [1.54, 1.807) is 0 Å². The number of aromatic nitrogens is 2. The maximum Gasteiger partial charge on any atom is 0.198 e. The molecule has 0 saturated carbocycles. The van der Waals surface area contributed by atoms with Crippen molar-refractivity contribution in [2.24, 2.45) is 0 Å². The molecule has 4 heteroatoms. The minimum atomic E-state index is 0.383. The van der Waals surface area contributed by atoms with Gasteiger partial charge in [0.2, 0.25) is 0 Å². The Bertz CT molecular complexity index is 302. The van der Waals surface area contributed by atoms with Gasteiger partial charge in [-0.2, -0.15) is 0 Å². The number of nitrogen functional groups attached to an aromatic ring is 1. The quantitative estimate of drug-likeness (QED) is 0.556. The number of aryl methyl sites for hydroxylation is 1. The Balaban J connectivity index is 3.46. The minimum absolute atomic E-state index is 0.383. The van der Waals surface area contributed by atoms with Gasteiger partial charge in [-0.25, -0.2) is 4.98 Å². The zero-order valence-corrected chi connectivity index (χ0v) is 6.75. The van der Waals surface area contributed by atoms with Crippen molar-refractivity contribution in [1.82, 2.24) is 9.97 Å². The summed E-state index contributed by atoms with van der Waals surface area (Å²) in [4.78, 5) is 6.75. The number of nitrogens with zero attached hydrogens (tertiary/aromatic N) is 1. The smallest absolute Gasteiger partial charge is 0.198 e. The van der Waals surface area contributed by atoms with Crippen molar-refractivity contribution >= 4 is 18.2 Å².